The van der Waals surface area contributed by atoms with Gasteiger partial charge < -0.3 is 54.0 Å². The monoisotopic (exact) mass is 1130 g/mol. The van der Waals surface area contributed by atoms with Crippen LogP contribution in [0.1, 0.15) is 290 Å². The molecule has 0 aromatic rings. The lowest BCUT2D eigenvalue weighted by molar-refractivity contribution is -0.384. The molecule has 14 nitrogen and oxygen atoms in total. The Bertz CT molecular complexity index is 1590. The van der Waals surface area contributed by atoms with E-state index < -0.39 is 92.5 Å². The van der Waals surface area contributed by atoms with E-state index in [4.69, 9.17) is 28.4 Å². The van der Waals surface area contributed by atoms with Crippen molar-refractivity contribution in [3.63, 3.8) is 0 Å². The summed E-state index contributed by atoms with van der Waals surface area (Å²) < 4.78 is 36.4. The summed E-state index contributed by atoms with van der Waals surface area (Å²) in [6, 6.07) is 0. The number of hydrogen-bond donors (Lipinski definition) is 5. The Morgan fingerprint density at radius 3 is 1.12 bits per heavy atom. The van der Waals surface area contributed by atoms with Crippen LogP contribution in [0, 0.1) is 0 Å². The minimum absolute atomic E-state index is 0.000567. The molecular formula is C66H118O14. The third kappa shape index (κ3) is 34.2. The Labute approximate surface area is 486 Å². The Kier molecular flexibility index (Phi) is 45.6. The summed E-state index contributed by atoms with van der Waals surface area (Å²) in [4.78, 5) is 41.0. The van der Waals surface area contributed by atoms with Gasteiger partial charge in [0.05, 0.1) is 13.2 Å². The van der Waals surface area contributed by atoms with Crippen molar-refractivity contribution in [1.29, 1.82) is 0 Å². The Hall–Kier alpha value is -2.69. The lowest BCUT2D eigenvalue weighted by atomic mass is 9.98. The van der Waals surface area contributed by atoms with Crippen LogP contribution in [-0.4, -0.2) is 118 Å². The van der Waals surface area contributed by atoms with E-state index in [1.165, 1.54) is 116 Å². The van der Waals surface area contributed by atoms with E-state index in [-0.39, 0.29) is 19.3 Å². The number of ether oxygens (including phenoxy) is 6. The smallest absolute Gasteiger partial charge is 0.306 e. The average molecular weight is 1140 g/mol. The van der Waals surface area contributed by atoms with Crippen LogP contribution in [0.2, 0.25) is 0 Å². The van der Waals surface area contributed by atoms with Gasteiger partial charge in [-0.2, -0.15) is 0 Å². The zero-order valence-corrected chi connectivity index (χ0v) is 50.8. The molecule has 14 heteroatoms. The Balaban J connectivity index is 2.12. The van der Waals surface area contributed by atoms with Gasteiger partial charge in [-0.25, -0.2) is 0 Å². The first kappa shape index (κ1) is 73.4. The number of esters is 3. The largest absolute Gasteiger partial charge is 0.460 e. The number of hydrogen-bond acceptors (Lipinski definition) is 14. The first-order valence-corrected chi connectivity index (χ1v) is 32.8. The molecule has 0 radical (unpaired) electrons. The van der Waals surface area contributed by atoms with Gasteiger partial charge in [-0.1, -0.05) is 211 Å². The summed E-state index contributed by atoms with van der Waals surface area (Å²) in [5.41, 5.74) is 0. The molecule has 0 bridgehead atoms. The van der Waals surface area contributed by atoms with Gasteiger partial charge in [-0.15, -0.1) is 0 Å². The van der Waals surface area contributed by atoms with E-state index in [0.717, 1.165) is 116 Å². The molecule has 0 spiro atoms. The number of aliphatic hydroxyl groups excluding tert-OH is 5. The maximum Gasteiger partial charge on any atom is 0.306 e. The van der Waals surface area contributed by atoms with Gasteiger partial charge in [0.1, 0.15) is 37.1 Å². The maximum atomic E-state index is 13.9. The highest BCUT2D eigenvalue weighted by Gasteiger charge is 2.63. The predicted molar refractivity (Wildman–Crippen MR) is 319 cm³/mol. The zero-order chi connectivity index (χ0) is 58.2. The van der Waals surface area contributed by atoms with E-state index in [0.29, 0.717) is 19.3 Å². The molecule has 2 saturated heterocycles. The van der Waals surface area contributed by atoms with Crippen LogP contribution < -0.4 is 0 Å². The topological polar surface area (TPSA) is 208 Å². The number of rotatable bonds is 53. The molecule has 9 atom stereocenters. The van der Waals surface area contributed by atoms with Gasteiger partial charge in [0.25, 0.3) is 0 Å². The van der Waals surface area contributed by atoms with Crippen molar-refractivity contribution in [1.82, 2.24) is 0 Å². The highest BCUT2D eigenvalue weighted by atomic mass is 16.8. The summed E-state index contributed by atoms with van der Waals surface area (Å²) in [6.45, 7) is 4.48. The summed E-state index contributed by atoms with van der Waals surface area (Å²) in [5, 5.41) is 53.4. The van der Waals surface area contributed by atoms with Gasteiger partial charge >= 0.3 is 17.9 Å². The molecule has 0 aromatic carbocycles. The molecule has 0 aromatic heterocycles. The molecule has 2 fully saturated rings. The van der Waals surface area contributed by atoms with Gasteiger partial charge in [0.15, 0.2) is 18.5 Å². The van der Waals surface area contributed by atoms with Crippen molar-refractivity contribution in [2.24, 2.45) is 0 Å². The second-order valence-electron chi connectivity index (χ2n) is 23.0. The fourth-order valence-corrected chi connectivity index (χ4v) is 10.6. The van der Waals surface area contributed by atoms with Crippen molar-refractivity contribution in [3.8, 4) is 0 Å². The van der Waals surface area contributed by atoms with Gasteiger partial charge in [0.2, 0.25) is 5.79 Å². The number of carbonyl (C=O) groups excluding carboxylic acids is 3. The molecule has 466 valence electrons. The van der Waals surface area contributed by atoms with Crippen molar-refractivity contribution >= 4 is 17.9 Å². The van der Waals surface area contributed by atoms with E-state index >= 15 is 0 Å². The minimum atomic E-state index is -2.34. The van der Waals surface area contributed by atoms with Crippen LogP contribution in [0.15, 0.2) is 36.5 Å². The Morgan fingerprint density at radius 1 is 0.412 bits per heavy atom. The normalized spacial score (nSPS) is 23.2. The third-order valence-electron chi connectivity index (χ3n) is 15.7. The van der Waals surface area contributed by atoms with E-state index in [1.807, 2.05) is 0 Å². The molecule has 0 saturated carbocycles. The third-order valence-corrected chi connectivity index (χ3v) is 15.7. The van der Waals surface area contributed by atoms with Crippen LogP contribution in [0.3, 0.4) is 0 Å². The van der Waals surface area contributed by atoms with Crippen molar-refractivity contribution < 1.29 is 68.3 Å². The first-order chi connectivity index (χ1) is 39.1. The van der Waals surface area contributed by atoms with E-state index in [1.54, 1.807) is 0 Å². The fraction of sp³-hybridized carbons (Fsp3) is 0.864. The summed E-state index contributed by atoms with van der Waals surface area (Å²) in [7, 11) is 0. The van der Waals surface area contributed by atoms with Crippen molar-refractivity contribution in [2.45, 2.75) is 345 Å². The molecule has 0 unspecified atom stereocenters. The Morgan fingerprint density at radius 2 is 0.750 bits per heavy atom. The number of unbranched alkanes of at least 4 members (excludes halogenated alkanes) is 33. The fourth-order valence-electron chi connectivity index (χ4n) is 10.6. The summed E-state index contributed by atoms with van der Waals surface area (Å²) >= 11 is 0. The van der Waals surface area contributed by atoms with Gasteiger partial charge in [-0.05, 0) is 96.3 Å². The number of carbonyl (C=O) groups is 3. The van der Waals surface area contributed by atoms with Crippen LogP contribution >= 0.6 is 0 Å². The van der Waals surface area contributed by atoms with Crippen LogP contribution in [0.25, 0.3) is 0 Å². The molecule has 0 amide bonds. The number of allylic oxidation sites excluding steroid dienone is 6. The second-order valence-corrected chi connectivity index (χ2v) is 23.0. The van der Waals surface area contributed by atoms with E-state index in [2.05, 4.69) is 57.2 Å². The maximum absolute atomic E-state index is 13.9. The predicted octanol–water partition coefficient (Wildman–Crippen LogP) is 14.4. The van der Waals surface area contributed by atoms with Gasteiger partial charge in [-0.3, -0.25) is 14.4 Å². The SMILES string of the molecule is CCCCCCCCC=CCCCCCCCC(=O)OC[C@@]1(O[C@H]2O[C@H](CO)[C@@H](O)[C@H](O)[C@H]2O)O[C@H](CO)[C@@H](OC(=O)CCCCCCCC=CCCCCCCCC)[C@@H]1OC(=O)CCCCCCCC=CCCCCCCCC. The molecule has 2 heterocycles. The van der Waals surface area contributed by atoms with E-state index in [9.17, 15) is 39.9 Å². The standard InChI is InChI=1S/C66H118O14/c1-4-7-10-13-16-19-22-25-28-31-34-37-40-43-46-49-57(69)75-54-66(80-65-62(74)61(73)60(72)55(52-67)76-65)64(78-59(71)51-48-45-42-39-36-33-30-27-24-21-18-15-12-9-6-3)63(56(53-68)79-66)77-58(70)50-47-44-41-38-35-32-29-26-23-20-17-14-11-8-5-2/h25-30,55-56,60-65,67-68,72-74H,4-24,31-54H2,1-3H3/t55-,56-,60-,61+,62-,63-,64+,65-,66+/m1/s1. The lowest BCUT2D eigenvalue weighted by Crippen LogP contribution is -2.63. The van der Waals surface area contributed by atoms with Crippen LogP contribution in [0.4, 0.5) is 0 Å². The highest BCUT2D eigenvalue weighted by molar-refractivity contribution is 5.71. The molecule has 2 aliphatic rings. The van der Waals surface area contributed by atoms with Crippen LogP contribution in [0.5, 0.6) is 0 Å². The van der Waals surface area contributed by atoms with Crippen molar-refractivity contribution in [3.05, 3.63) is 36.5 Å². The molecule has 2 rings (SSSR count). The van der Waals surface area contributed by atoms with Crippen LogP contribution in [-0.2, 0) is 42.8 Å². The minimum Gasteiger partial charge on any atom is -0.460 e. The average Bonchev–Trinajstić information content (AvgIpc) is 3.99. The van der Waals surface area contributed by atoms with Crippen molar-refractivity contribution in [2.75, 3.05) is 19.8 Å². The highest BCUT2D eigenvalue weighted by Crippen LogP contribution is 2.40. The molecule has 0 aliphatic carbocycles. The summed E-state index contributed by atoms with van der Waals surface area (Å²) in [6.07, 6.45) is 43.4. The zero-order valence-electron chi connectivity index (χ0n) is 50.8. The van der Waals surface area contributed by atoms with Gasteiger partial charge in [0, 0.05) is 19.3 Å². The molecule has 2 aliphatic heterocycles. The molecule has 80 heavy (non-hydrogen) atoms. The first-order valence-electron chi connectivity index (χ1n) is 32.8. The molecular weight excluding hydrogens is 1020 g/mol. The lowest BCUT2D eigenvalue weighted by Gasteiger charge is -2.43. The summed E-state index contributed by atoms with van der Waals surface area (Å²) in [5.74, 6) is -4.23. The molecule has 5 N–H and O–H groups in total. The quantitative estimate of drug-likeness (QED) is 0.0166. The number of aliphatic hydroxyl groups is 5. The second kappa shape index (κ2) is 49.7.